The fourth-order valence-corrected chi connectivity index (χ4v) is 2.49. The van der Waals surface area contributed by atoms with E-state index in [1.807, 2.05) is 50.5 Å². The van der Waals surface area contributed by atoms with Gasteiger partial charge in [-0.2, -0.15) is 10.1 Å². The van der Waals surface area contributed by atoms with E-state index in [-0.39, 0.29) is 0 Å². The van der Waals surface area contributed by atoms with E-state index in [4.69, 9.17) is 0 Å². The highest BCUT2D eigenvalue weighted by molar-refractivity contribution is 5.61. The largest absolute Gasteiger partial charge is 0.378 e. The maximum Gasteiger partial charge on any atom is 0.249 e. The van der Waals surface area contributed by atoms with Crippen molar-refractivity contribution in [1.29, 1.82) is 0 Å². The molecule has 0 aliphatic carbocycles. The summed E-state index contributed by atoms with van der Waals surface area (Å²) in [6.45, 7) is 4.36. The molecule has 6 nitrogen and oxygen atoms in total. The molecule has 134 valence electrons. The molecule has 0 fully saturated rings. The zero-order chi connectivity index (χ0) is 18.5. The highest BCUT2D eigenvalue weighted by Gasteiger charge is 2.04. The van der Waals surface area contributed by atoms with E-state index in [0.717, 1.165) is 17.1 Å². The van der Waals surface area contributed by atoms with Gasteiger partial charge < -0.3 is 15.5 Å². The Bertz CT molecular complexity index is 772. The molecule has 0 bridgehead atoms. The predicted octanol–water partition coefficient (Wildman–Crippen LogP) is 4.55. The zero-order valence-electron chi connectivity index (χ0n) is 15.6. The zero-order valence-corrected chi connectivity index (χ0v) is 15.6. The molecule has 2 aromatic carbocycles. The van der Waals surface area contributed by atoms with E-state index >= 15 is 0 Å². The van der Waals surface area contributed by atoms with Crippen molar-refractivity contribution in [3.63, 3.8) is 0 Å². The fourth-order valence-electron chi connectivity index (χ4n) is 2.49. The molecule has 0 spiro atoms. The van der Waals surface area contributed by atoms with Crippen LogP contribution in [0.2, 0.25) is 0 Å². The first kappa shape index (κ1) is 17.7. The lowest BCUT2D eigenvalue weighted by Gasteiger charge is -2.13. The van der Waals surface area contributed by atoms with Crippen LogP contribution in [0.25, 0.3) is 0 Å². The van der Waals surface area contributed by atoms with Gasteiger partial charge in [0.05, 0.1) is 6.20 Å². The molecule has 0 amide bonds. The second kappa shape index (κ2) is 7.82. The molecule has 0 unspecified atom stereocenters. The molecule has 0 aliphatic rings. The minimum Gasteiger partial charge on any atom is -0.378 e. The van der Waals surface area contributed by atoms with Gasteiger partial charge >= 0.3 is 0 Å². The summed E-state index contributed by atoms with van der Waals surface area (Å²) in [5.74, 6) is 1.61. The molecule has 2 N–H and O–H groups in total. The van der Waals surface area contributed by atoms with Crippen LogP contribution in [0, 0.1) is 0 Å². The lowest BCUT2D eigenvalue weighted by molar-refractivity contribution is 0.867. The van der Waals surface area contributed by atoms with E-state index < -0.39 is 0 Å². The topological polar surface area (TPSA) is 66.0 Å². The van der Waals surface area contributed by atoms with Crippen molar-refractivity contribution in [2.24, 2.45) is 0 Å². The summed E-state index contributed by atoms with van der Waals surface area (Å²) >= 11 is 0. The van der Waals surface area contributed by atoms with E-state index in [2.05, 4.69) is 56.7 Å². The Morgan fingerprint density at radius 3 is 2.08 bits per heavy atom. The van der Waals surface area contributed by atoms with Crippen LogP contribution in [0.3, 0.4) is 0 Å². The van der Waals surface area contributed by atoms with E-state index in [1.54, 1.807) is 6.20 Å². The van der Waals surface area contributed by atoms with Gasteiger partial charge in [-0.15, -0.1) is 5.10 Å². The second-order valence-electron chi connectivity index (χ2n) is 6.63. The van der Waals surface area contributed by atoms with Gasteiger partial charge in [0, 0.05) is 31.2 Å². The molecule has 0 radical (unpaired) electrons. The summed E-state index contributed by atoms with van der Waals surface area (Å²) in [6, 6.07) is 16.4. The maximum atomic E-state index is 4.47. The average molecular weight is 348 g/mol. The lowest BCUT2D eigenvalue weighted by atomic mass is 10.0. The van der Waals surface area contributed by atoms with Gasteiger partial charge in [0.2, 0.25) is 5.95 Å². The Morgan fingerprint density at radius 2 is 1.46 bits per heavy atom. The van der Waals surface area contributed by atoms with Crippen molar-refractivity contribution >= 4 is 28.8 Å². The predicted molar refractivity (Wildman–Crippen MR) is 108 cm³/mol. The minimum atomic E-state index is 0.450. The van der Waals surface area contributed by atoms with Crippen LogP contribution in [0.1, 0.15) is 25.3 Å². The first-order valence-electron chi connectivity index (χ1n) is 8.62. The third-order valence-electron chi connectivity index (χ3n) is 4.05. The minimum absolute atomic E-state index is 0.450. The Labute approximate surface area is 154 Å². The molecule has 3 aromatic rings. The first-order chi connectivity index (χ1) is 12.5. The van der Waals surface area contributed by atoms with Crippen LogP contribution >= 0.6 is 0 Å². The summed E-state index contributed by atoms with van der Waals surface area (Å²) in [7, 11) is 4.02. The van der Waals surface area contributed by atoms with Crippen LogP contribution in [-0.2, 0) is 0 Å². The Kier molecular flexibility index (Phi) is 5.31. The standard InChI is InChI=1S/C20H24N6/c1-14(2)15-5-7-16(8-6-15)22-19-13-21-25-20(24-19)23-17-9-11-18(12-10-17)26(3)4/h5-14H,1-4H3,(H2,22,23,24,25). The molecular weight excluding hydrogens is 324 g/mol. The number of benzene rings is 2. The number of aromatic nitrogens is 3. The third kappa shape index (κ3) is 4.47. The molecule has 1 heterocycles. The molecule has 1 aromatic heterocycles. The normalized spacial score (nSPS) is 10.7. The van der Waals surface area contributed by atoms with Crippen molar-refractivity contribution < 1.29 is 0 Å². The maximum absolute atomic E-state index is 4.47. The van der Waals surface area contributed by atoms with Crippen molar-refractivity contribution in [3.8, 4) is 0 Å². The van der Waals surface area contributed by atoms with Crippen molar-refractivity contribution in [2.75, 3.05) is 29.6 Å². The van der Waals surface area contributed by atoms with Gasteiger partial charge in [-0.05, 0) is 47.9 Å². The number of anilines is 5. The number of nitrogens with zero attached hydrogens (tertiary/aromatic N) is 4. The fraction of sp³-hybridized carbons (Fsp3) is 0.250. The average Bonchev–Trinajstić information content (AvgIpc) is 2.63. The number of hydrogen-bond donors (Lipinski definition) is 2. The molecule has 0 atom stereocenters. The summed E-state index contributed by atoms with van der Waals surface area (Å²) in [5, 5.41) is 14.5. The smallest absolute Gasteiger partial charge is 0.249 e. The molecular formula is C20H24N6. The van der Waals surface area contributed by atoms with Crippen molar-refractivity contribution in [1.82, 2.24) is 15.2 Å². The number of nitrogens with one attached hydrogen (secondary N) is 2. The van der Waals surface area contributed by atoms with Gasteiger partial charge in [0.25, 0.3) is 0 Å². The molecule has 6 heteroatoms. The number of hydrogen-bond acceptors (Lipinski definition) is 6. The molecule has 0 aliphatic heterocycles. The Morgan fingerprint density at radius 1 is 0.846 bits per heavy atom. The highest BCUT2D eigenvalue weighted by Crippen LogP contribution is 2.21. The van der Waals surface area contributed by atoms with E-state index in [0.29, 0.717) is 17.7 Å². The van der Waals surface area contributed by atoms with Gasteiger partial charge in [0.1, 0.15) is 0 Å². The van der Waals surface area contributed by atoms with Gasteiger partial charge in [-0.1, -0.05) is 26.0 Å². The molecule has 3 rings (SSSR count). The Hall–Kier alpha value is -3.15. The molecule has 0 saturated carbocycles. The summed E-state index contributed by atoms with van der Waals surface area (Å²) < 4.78 is 0. The van der Waals surface area contributed by atoms with Crippen LogP contribution in [0.5, 0.6) is 0 Å². The number of rotatable bonds is 6. The SMILES string of the molecule is CC(C)c1ccc(Nc2cnnc(Nc3ccc(N(C)C)cc3)n2)cc1. The summed E-state index contributed by atoms with van der Waals surface area (Å²) in [5.41, 5.74) is 4.32. The van der Waals surface area contributed by atoms with Gasteiger partial charge in [-0.25, -0.2) is 0 Å². The molecule has 0 saturated heterocycles. The van der Waals surface area contributed by atoms with Crippen molar-refractivity contribution in [2.45, 2.75) is 19.8 Å². The van der Waals surface area contributed by atoms with Crippen molar-refractivity contribution in [3.05, 3.63) is 60.3 Å². The second-order valence-corrected chi connectivity index (χ2v) is 6.63. The van der Waals surface area contributed by atoms with Crippen LogP contribution in [0.15, 0.2) is 54.7 Å². The quantitative estimate of drug-likeness (QED) is 0.681. The first-order valence-corrected chi connectivity index (χ1v) is 8.62. The van der Waals surface area contributed by atoms with E-state index in [1.165, 1.54) is 5.56 Å². The van der Waals surface area contributed by atoms with Gasteiger partial charge in [-0.3, -0.25) is 0 Å². The summed E-state index contributed by atoms with van der Waals surface area (Å²) in [4.78, 5) is 6.52. The van der Waals surface area contributed by atoms with Crippen LogP contribution < -0.4 is 15.5 Å². The van der Waals surface area contributed by atoms with Crippen LogP contribution in [-0.4, -0.2) is 29.3 Å². The third-order valence-corrected chi connectivity index (χ3v) is 4.05. The lowest BCUT2D eigenvalue weighted by Crippen LogP contribution is -2.08. The van der Waals surface area contributed by atoms with Gasteiger partial charge in [0.15, 0.2) is 5.82 Å². The van der Waals surface area contributed by atoms with E-state index in [9.17, 15) is 0 Å². The summed E-state index contributed by atoms with van der Waals surface area (Å²) in [6.07, 6.45) is 1.61. The van der Waals surface area contributed by atoms with Crippen LogP contribution in [0.4, 0.5) is 28.8 Å². The Balaban J connectivity index is 1.69. The highest BCUT2D eigenvalue weighted by atomic mass is 15.3. The monoisotopic (exact) mass is 348 g/mol. The molecule has 26 heavy (non-hydrogen) atoms.